The van der Waals surface area contributed by atoms with Crippen LogP contribution in [0.5, 0.6) is 0 Å². The van der Waals surface area contributed by atoms with Crippen molar-refractivity contribution in [3.8, 4) is 0 Å². The van der Waals surface area contributed by atoms with Crippen LogP contribution >= 0.6 is 12.4 Å². The first-order chi connectivity index (χ1) is 10.4. The molecule has 0 saturated carbocycles. The van der Waals surface area contributed by atoms with Crippen LogP contribution in [0.4, 0.5) is 13.2 Å². The molecule has 0 bridgehead atoms. The van der Waals surface area contributed by atoms with Gasteiger partial charge in [0.1, 0.15) is 5.84 Å². The van der Waals surface area contributed by atoms with Gasteiger partial charge in [-0.25, -0.2) is 0 Å². The van der Waals surface area contributed by atoms with Crippen molar-refractivity contribution >= 4 is 24.3 Å². The van der Waals surface area contributed by atoms with Crippen LogP contribution in [0.1, 0.15) is 16.7 Å². The van der Waals surface area contributed by atoms with Gasteiger partial charge in [-0.3, -0.25) is 5.41 Å². The predicted molar refractivity (Wildman–Crippen MR) is 88.7 cm³/mol. The Kier molecular flexibility index (Phi) is 6.85. The fourth-order valence-electron chi connectivity index (χ4n) is 1.81. The van der Waals surface area contributed by atoms with Crippen molar-refractivity contribution in [1.29, 1.82) is 5.41 Å². The van der Waals surface area contributed by atoms with Crippen LogP contribution in [-0.4, -0.2) is 5.84 Å². The number of nitrogens with one attached hydrogen (secondary N) is 2. The maximum atomic E-state index is 12.4. The van der Waals surface area contributed by atoms with Crippen LogP contribution < -0.4 is 5.32 Å². The lowest BCUT2D eigenvalue weighted by Gasteiger charge is -2.08. The molecule has 0 amide bonds. The topological polar surface area (TPSA) is 35.9 Å². The van der Waals surface area contributed by atoms with Crippen molar-refractivity contribution in [2.75, 3.05) is 0 Å². The molecule has 0 saturated heterocycles. The molecule has 2 aromatic carbocycles. The lowest BCUT2D eigenvalue weighted by molar-refractivity contribution is -0.137. The molecule has 0 aliphatic heterocycles. The van der Waals surface area contributed by atoms with Gasteiger partial charge in [-0.05, 0) is 29.3 Å². The van der Waals surface area contributed by atoms with E-state index in [0.717, 1.165) is 17.7 Å². The maximum absolute atomic E-state index is 12.4. The Hall–Kier alpha value is -2.27. The highest BCUT2D eigenvalue weighted by atomic mass is 35.5. The van der Waals surface area contributed by atoms with Crippen LogP contribution in [0.2, 0.25) is 0 Å². The third-order valence-electron chi connectivity index (χ3n) is 3.01. The normalized spacial score (nSPS) is 11.1. The third kappa shape index (κ3) is 6.16. The highest BCUT2D eigenvalue weighted by Gasteiger charge is 2.29. The predicted octanol–water partition coefficient (Wildman–Crippen LogP) is 4.91. The maximum Gasteiger partial charge on any atom is 0.416 e. The average molecular weight is 341 g/mol. The molecule has 0 aromatic heterocycles. The summed E-state index contributed by atoms with van der Waals surface area (Å²) in [6.07, 6.45) is -0.918. The Morgan fingerprint density at radius 3 is 2.17 bits per heavy atom. The summed E-state index contributed by atoms with van der Waals surface area (Å²) < 4.78 is 37.3. The van der Waals surface area contributed by atoms with E-state index in [-0.39, 0.29) is 18.2 Å². The summed E-state index contributed by atoms with van der Waals surface area (Å²) in [4.78, 5) is 0. The number of hydrogen-bond donors (Lipinski definition) is 2. The molecule has 2 rings (SSSR count). The highest BCUT2D eigenvalue weighted by Crippen LogP contribution is 2.28. The molecule has 0 unspecified atom stereocenters. The molecule has 2 nitrogen and oxygen atoms in total. The summed E-state index contributed by atoms with van der Waals surface area (Å²) in [6, 6.07) is 14.4. The standard InChI is InChI=1S/C17H15F3N2.ClH/c18-17(19,20)15-9-6-14(7-10-15)12-22-16(21)11-8-13-4-2-1-3-5-13;/h1-11H,12H2,(H2,21,22);1H/b11-8+;. The number of amidine groups is 1. The average Bonchev–Trinajstić information content (AvgIpc) is 2.51. The molecule has 0 aliphatic carbocycles. The van der Waals surface area contributed by atoms with Gasteiger partial charge in [0.25, 0.3) is 0 Å². The molecule has 0 heterocycles. The van der Waals surface area contributed by atoms with Gasteiger partial charge in [0, 0.05) is 6.54 Å². The molecule has 23 heavy (non-hydrogen) atoms. The van der Waals surface area contributed by atoms with Gasteiger partial charge in [0.15, 0.2) is 0 Å². The minimum Gasteiger partial charge on any atom is -0.366 e. The summed E-state index contributed by atoms with van der Waals surface area (Å²) in [5.41, 5.74) is 0.991. The van der Waals surface area contributed by atoms with E-state index in [0.29, 0.717) is 12.1 Å². The van der Waals surface area contributed by atoms with Crippen molar-refractivity contribution in [3.05, 3.63) is 77.4 Å². The Morgan fingerprint density at radius 2 is 1.61 bits per heavy atom. The van der Waals surface area contributed by atoms with Crippen molar-refractivity contribution in [2.24, 2.45) is 0 Å². The van der Waals surface area contributed by atoms with E-state index in [1.54, 1.807) is 12.2 Å². The summed E-state index contributed by atoms with van der Waals surface area (Å²) in [5, 5.41) is 10.6. The van der Waals surface area contributed by atoms with Gasteiger partial charge in [0.05, 0.1) is 5.56 Å². The number of alkyl halides is 3. The number of benzene rings is 2. The zero-order valence-corrected chi connectivity index (χ0v) is 12.9. The first-order valence-electron chi connectivity index (χ1n) is 6.67. The van der Waals surface area contributed by atoms with Crippen molar-refractivity contribution in [2.45, 2.75) is 12.7 Å². The SMILES string of the molecule is Cl.N=C(/C=C/c1ccccc1)NCc1ccc(C(F)(F)F)cc1. The van der Waals surface area contributed by atoms with Gasteiger partial charge in [-0.2, -0.15) is 13.2 Å². The van der Waals surface area contributed by atoms with Gasteiger partial charge < -0.3 is 5.32 Å². The lowest BCUT2D eigenvalue weighted by atomic mass is 10.1. The molecular weight excluding hydrogens is 325 g/mol. The minimum atomic E-state index is -4.32. The molecule has 0 aliphatic rings. The quantitative estimate of drug-likeness (QED) is 0.602. The van der Waals surface area contributed by atoms with E-state index in [1.807, 2.05) is 30.3 Å². The fraction of sp³-hybridized carbons (Fsp3) is 0.118. The largest absolute Gasteiger partial charge is 0.416 e. The molecule has 0 spiro atoms. The van der Waals surface area contributed by atoms with Crippen LogP contribution in [0.3, 0.4) is 0 Å². The van der Waals surface area contributed by atoms with Crippen LogP contribution in [0.15, 0.2) is 60.7 Å². The first-order valence-corrected chi connectivity index (χ1v) is 6.67. The zero-order valence-electron chi connectivity index (χ0n) is 12.1. The van der Waals surface area contributed by atoms with Crippen molar-refractivity contribution in [3.63, 3.8) is 0 Å². The summed E-state index contributed by atoms with van der Waals surface area (Å²) in [6.45, 7) is 0.302. The lowest BCUT2D eigenvalue weighted by Crippen LogP contribution is -2.19. The van der Waals surface area contributed by atoms with Crippen LogP contribution in [0.25, 0.3) is 6.08 Å². The number of hydrogen-bond acceptors (Lipinski definition) is 1. The van der Waals surface area contributed by atoms with Gasteiger partial charge >= 0.3 is 6.18 Å². The minimum absolute atomic E-state index is 0. The highest BCUT2D eigenvalue weighted by molar-refractivity contribution is 5.93. The molecule has 0 radical (unpaired) electrons. The van der Waals surface area contributed by atoms with E-state index in [1.165, 1.54) is 12.1 Å². The van der Waals surface area contributed by atoms with E-state index in [4.69, 9.17) is 5.41 Å². The summed E-state index contributed by atoms with van der Waals surface area (Å²) >= 11 is 0. The van der Waals surface area contributed by atoms with Gasteiger partial charge in [0.2, 0.25) is 0 Å². The van der Waals surface area contributed by atoms with Gasteiger partial charge in [-0.1, -0.05) is 48.5 Å². The Labute approximate surface area is 139 Å². The van der Waals surface area contributed by atoms with Gasteiger partial charge in [-0.15, -0.1) is 12.4 Å². The Balaban J connectivity index is 0.00000264. The molecule has 122 valence electrons. The molecule has 2 aromatic rings. The number of rotatable bonds is 4. The molecule has 0 fully saturated rings. The Morgan fingerprint density at radius 1 is 1.00 bits per heavy atom. The van der Waals surface area contributed by atoms with Crippen LogP contribution in [0, 0.1) is 5.41 Å². The number of halogens is 4. The Bertz CT molecular complexity index is 650. The fourth-order valence-corrected chi connectivity index (χ4v) is 1.81. The first kappa shape index (κ1) is 18.8. The van der Waals surface area contributed by atoms with Crippen LogP contribution in [-0.2, 0) is 12.7 Å². The van der Waals surface area contributed by atoms with E-state index < -0.39 is 11.7 Å². The summed E-state index contributed by atoms with van der Waals surface area (Å²) in [5.74, 6) is 0.198. The monoisotopic (exact) mass is 340 g/mol. The second-order valence-corrected chi connectivity index (χ2v) is 4.71. The molecule has 6 heteroatoms. The van der Waals surface area contributed by atoms with E-state index in [9.17, 15) is 13.2 Å². The smallest absolute Gasteiger partial charge is 0.366 e. The van der Waals surface area contributed by atoms with E-state index >= 15 is 0 Å². The third-order valence-corrected chi connectivity index (χ3v) is 3.01. The van der Waals surface area contributed by atoms with Crippen molar-refractivity contribution in [1.82, 2.24) is 5.32 Å². The van der Waals surface area contributed by atoms with Crippen molar-refractivity contribution < 1.29 is 13.2 Å². The zero-order chi connectivity index (χ0) is 16.0. The van der Waals surface area contributed by atoms with E-state index in [2.05, 4.69) is 5.32 Å². The molecular formula is C17H16ClF3N2. The molecule has 2 N–H and O–H groups in total. The second-order valence-electron chi connectivity index (χ2n) is 4.71. The second kappa shape index (κ2) is 8.39. The summed E-state index contributed by atoms with van der Waals surface area (Å²) in [7, 11) is 0. The molecule has 0 atom stereocenters.